The van der Waals surface area contributed by atoms with Crippen molar-refractivity contribution in [2.75, 3.05) is 0 Å². The van der Waals surface area contributed by atoms with Crippen LogP contribution in [0.1, 0.15) is 0 Å². The molecule has 0 N–H and O–H groups in total. The molecule has 0 amide bonds. The molecule has 28 heavy (non-hydrogen) atoms. The van der Waals surface area contributed by atoms with E-state index in [-0.39, 0.29) is 0 Å². The van der Waals surface area contributed by atoms with Crippen molar-refractivity contribution in [2.24, 2.45) is 0 Å². The Labute approximate surface area is 162 Å². The van der Waals surface area contributed by atoms with E-state index in [0.29, 0.717) is 28.3 Å². The van der Waals surface area contributed by atoms with E-state index < -0.39 is 7.14 Å². The maximum absolute atomic E-state index is 14.6. The van der Waals surface area contributed by atoms with Crippen LogP contribution in [0, 0.1) is 0 Å². The second-order valence-corrected chi connectivity index (χ2v) is 9.57. The van der Waals surface area contributed by atoms with Gasteiger partial charge in [-0.1, -0.05) is 54.6 Å². The molecule has 0 spiro atoms. The fourth-order valence-corrected chi connectivity index (χ4v) is 7.10. The Morgan fingerprint density at radius 1 is 0.536 bits per heavy atom. The lowest BCUT2D eigenvalue weighted by Crippen LogP contribution is -2.35. The molecule has 0 fully saturated rings. The predicted molar refractivity (Wildman–Crippen MR) is 111 cm³/mol. The first-order valence-corrected chi connectivity index (χ1v) is 10.8. The summed E-state index contributed by atoms with van der Waals surface area (Å²) in [5.41, 5.74) is 2.03. The summed E-state index contributed by atoms with van der Waals surface area (Å²) >= 11 is 0. The molecule has 4 aromatic rings. The Bertz CT molecular complexity index is 1220. The summed E-state index contributed by atoms with van der Waals surface area (Å²) in [4.78, 5) is 0. The van der Waals surface area contributed by atoms with Gasteiger partial charge in [-0.05, 0) is 47.5 Å². The Kier molecular flexibility index (Phi) is 3.15. The van der Waals surface area contributed by atoms with Crippen molar-refractivity contribution in [1.29, 1.82) is 0 Å². The van der Waals surface area contributed by atoms with Gasteiger partial charge in [0, 0.05) is 0 Å². The molecule has 0 saturated carbocycles. The van der Waals surface area contributed by atoms with Gasteiger partial charge in [0.15, 0.2) is 7.14 Å². The van der Waals surface area contributed by atoms with Crippen LogP contribution in [0.15, 0.2) is 91.0 Å². The van der Waals surface area contributed by atoms with E-state index in [0.717, 1.165) is 21.7 Å². The SMILES string of the molecule is O=P12c3ccccc3Oc3cc(-c4ccccc4)cc(c31)Oc1ccccc12. The smallest absolute Gasteiger partial charge is 0.185 e. The normalized spacial score (nSPS) is 14.7. The average molecular weight is 382 g/mol. The summed E-state index contributed by atoms with van der Waals surface area (Å²) in [6.07, 6.45) is 0. The van der Waals surface area contributed by atoms with E-state index in [4.69, 9.17) is 9.47 Å². The van der Waals surface area contributed by atoms with Crippen LogP contribution in [0.4, 0.5) is 0 Å². The molecular formula is C24H15O3P. The monoisotopic (exact) mass is 382 g/mol. The standard InChI is InChI=1S/C24H15O3P/c25-28-22-12-6-4-10-18(22)26-20-14-17(16-8-2-1-3-9-16)15-21(24(20)28)27-19-11-5-7-13-23(19)28/h1-15H. The Balaban J connectivity index is 1.70. The minimum atomic E-state index is -3.08. The molecule has 0 atom stereocenters. The van der Waals surface area contributed by atoms with Crippen LogP contribution in [-0.2, 0) is 4.57 Å². The number of para-hydroxylation sites is 2. The minimum absolute atomic E-state index is 0.605. The fraction of sp³-hybridized carbons (Fsp3) is 0. The quantitative estimate of drug-likeness (QED) is 0.367. The van der Waals surface area contributed by atoms with Gasteiger partial charge < -0.3 is 14.0 Å². The average Bonchev–Trinajstić information content (AvgIpc) is 2.74. The fourth-order valence-electron chi connectivity index (χ4n) is 4.06. The predicted octanol–water partition coefficient (Wildman–Crippen LogP) is 5.20. The van der Waals surface area contributed by atoms with Gasteiger partial charge in [0.2, 0.25) is 0 Å². The van der Waals surface area contributed by atoms with E-state index in [1.54, 1.807) is 0 Å². The summed E-state index contributed by atoms with van der Waals surface area (Å²) in [5, 5.41) is 2.11. The van der Waals surface area contributed by atoms with Gasteiger partial charge in [0.25, 0.3) is 0 Å². The summed E-state index contributed by atoms with van der Waals surface area (Å²) < 4.78 is 27.1. The number of hydrogen-bond acceptors (Lipinski definition) is 3. The summed E-state index contributed by atoms with van der Waals surface area (Å²) in [7, 11) is -3.08. The molecular weight excluding hydrogens is 367 g/mol. The molecule has 2 aliphatic rings. The number of hydrogen-bond donors (Lipinski definition) is 0. The highest BCUT2D eigenvalue weighted by Crippen LogP contribution is 2.58. The Morgan fingerprint density at radius 3 is 1.61 bits per heavy atom. The van der Waals surface area contributed by atoms with Crippen molar-refractivity contribution < 1.29 is 14.0 Å². The Hall–Kier alpha value is -3.29. The van der Waals surface area contributed by atoms with Gasteiger partial charge in [-0.3, -0.25) is 0 Å². The lowest BCUT2D eigenvalue weighted by Gasteiger charge is -2.34. The largest absolute Gasteiger partial charge is 0.456 e. The van der Waals surface area contributed by atoms with Crippen LogP contribution < -0.4 is 25.4 Å². The zero-order chi connectivity index (χ0) is 18.7. The van der Waals surface area contributed by atoms with Crippen molar-refractivity contribution in [3.63, 3.8) is 0 Å². The van der Waals surface area contributed by atoms with Crippen molar-refractivity contribution in [3.8, 4) is 34.1 Å². The lowest BCUT2D eigenvalue weighted by atomic mass is 10.0. The number of rotatable bonds is 1. The van der Waals surface area contributed by atoms with Gasteiger partial charge in [0.1, 0.15) is 28.3 Å². The topological polar surface area (TPSA) is 35.5 Å². The van der Waals surface area contributed by atoms with Crippen LogP contribution in [0.3, 0.4) is 0 Å². The van der Waals surface area contributed by atoms with Crippen LogP contribution in [0.25, 0.3) is 11.1 Å². The van der Waals surface area contributed by atoms with Gasteiger partial charge in [-0.25, -0.2) is 0 Å². The molecule has 6 rings (SSSR count). The van der Waals surface area contributed by atoms with Crippen molar-refractivity contribution in [1.82, 2.24) is 0 Å². The maximum Gasteiger partial charge on any atom is 0.185 e. The van der Waals surface area contributed by atoms with Crippen molar-refractivity contribution >= 4 is 23.1 Å². The third-order valence-corrected chi connectivity index (χ3v) is 8.48. The molecule has 0 bridgehead atoms. The van der Waals surface area contributed by atoms with E-state index in [1.807, 2.05) is 91.0 Å². The second kappa shape index (κ2) is 5.60. The molecule has 0 aliphatic carbocycles. The highest BCUT2D eigenvalue weighted by atomic mass is 31.2. The molecule has 2 aliphatic heterocycles. The maximum atomic E-state index is 14.6. The first-order valence-electron chi connectivity index (χ1n) is 9.14. The first-order chi connectivity index (χ1) is 13.7. The molecule has 2 heterocycles. The zero-order valence-electron chi connectivity index (χ0n) is 14.8. The minimum Gasteiger partial charge on any atom is -0.456 e. The van der Waals surface area contributed by atoms with Crippen molar-refractivity contribution in [3.05, 3.63) is 91.0 Å². The molecule has 0 aromatic heterocycles. The van der Waals surface area contributed by atoms with Gasteiger partial charge in [0.05, 0.1) is 10.6 Å². The molecule has 3 nitrogen and oxygen atoms in total. The number of benzene rings is 4. The summed E-state index contributed by atoms with van der Waals surface area (Å²) in [6.45, 7) is 0. The molecule has 4 heteroatoms. The second-order valence-electron chi connectivity index (χ2n) is 6.94. The molecule has 4 aromatic carbocycles. The van der Waals surface area contributed by atoms with E-state index in [9.17, 15) is 4.57 Å². The van der Waals surface area contributed by atoms with E-state index in [2.05, 4.69) is 0 Å². The van der Waals surface area contributed by atoms with Gasteiger partial charge >= 0.3 is 0 Å². The van der Waals surface area contributed by atoms with Crippen LogP contribution in [0.5, 0.6) is 23.0 Å². The van der Waals surface area contributed by atoms with Crippen LogP contribution in [-0.4, -0.2) is 0 Å². The molecule has 0 radical (unpaired) electrons. The third kappa shape index (κ3) is 2.02. The van der Waals surface area contributed by atoms with Gasteiger partial charge in [-0.15, -0.1) is 0 Å². The third-order valence-electron chi connectivity index (χ3n) is 5.31. The highest BCUT2D eigenvalue weighted by molar-refractivity contribution is 7.86. The van der Waals surface area contributed by atoms with Gasteiger partial charge in [-0.2, -0.15) is 0 Å². The van der Waals surface area contributed by atoms with Crippen LogP contribution >= 0.6 is 7.14 Å². The lowest BCUT2D eigenvalue weighted by molar-refractivity contribution is 0.462. The molecule has 0 saturated heterocycles. The molecule has 0 unspecified atom stereocenters. The Morgan fingerprint density at radius 2 is 1.04 bits per heavy atom. The zero-order valence-corrected chi connectivity index (χ0v) is 15.7. The summed E-state index contributed by atoms with van der Waals surface area (Å²) in [6, 6.07) is 29.2. The highest BCUT2D eigenvalue weighted by Gasteiger charge is 2.46. The number of ether oxygens (including phenoxy) is 2. The molecule has 134 valence electrons. The van der Waals surface area contributed by atoms with E-state index >= 15 is 0 Å². The van der Waals surface area contributed by atoms with Crippen LogP contribution in [0.2, 0.25) is 0 Å². The van der Waals surface area contributed by atoms with Crippen molar-refractivity contribution in [2.45, 2.75) is 0 Å². The number of fused-ring (bicyclic) bond motifs is 4. The first kappa shape index (κ1) is 15.7. The van der Waals surface area contributed by atoms with E-state index in [1.165, 1.54) is 0 Å². The summed E-state index contributed by atoms with van der Waals surface area (Å²) in [5.74, 6) is 2.50.